The highest BCUT2D eigenvalue weighted by Gasteiger charge is 2.05. The molecule has 0 unspecified atom stereocenters. The van der Waals surface area contributed by atoms with E-state index in [2.05, 4.69) is 20.9 Å². The van der Waals surface area contributed by atoms with Gasteiger partial charge >= 0.3 is 0 Å². The van der Waals surface area contributed by atoms with Crippen molar-refractivity contribution in [3.8, 4) is 11.6 Å². The fraction of sp³-hybridized carbons (Fsp3) is 0.0833. The van der Waals surface area contributed by atoms with Crippen LogP contribution >= 0.6 is 27.5 Å². The molecule has 17 heavy (non-hydrogen) atoms. The lowest BCUT2D eigenvalue weighted by atomic mass is 10.3. The molecule has 2 aromatic rings. The van der Waals surface area contributed by atoms with Crippen LogP contribution in [0.1, 0.15) is 5.69 Å². The molecule has 5 heteroatoms. The van der Waals surface area contributed by atoms with E-state index in [-0.39, 0.29) is 0 Å². The first-order chi connectivity index (χ1) is 8.06. The van der Waals surface area contributed by atoms with Gasteiger partial charge in [-0.3, -0.25) is 0 Å². The van der Waals surface area contributed by atoms with Crippen molar-refractivity contribution in [2.75, 3.05) is 5.73 Å². The highest BCUT2D eigenvalue weighted by atomic mass is 79.9. The molecule has 0 fully saturated rings. The first-order valence-corrected chi connectivity index (χ1v) is 6.09. The molecule has 3 nitrogen and oxygen atoms in total. The maximum Gasteiger partial charge on any atom is 0.219 e. The first kappa shape index (κ1) is 12.2. The smallest absolute Gasteiger partial charge is 0.219 e. The van der Waals surface area contributed by atoms with Crippen LogP contribution < -0.4 is 10.5 Å². The van der Waals surface area contributed by atoms with E-state index in [9.17, 15) is 0 Å². The number of aryl methyl sites for hydroxylation is 1. The number of anilines is 1. The third-order valence-corrected chi connectivity index (χ3v) is 3.00. The Kier molecular flexibility index (Phi) is 3.54. The second-order valence-corrected chi connectivity index (χ2v) is 4.82. The minimum Gasteiger partial charge on any atom is -0.437 e. The molecular weight excluding hydrogens is 304 g/mol. The van der Waals surface area contributed by atoms with Crippen LogP contribution in [0.5, 0.6) is 11.6 Å². The van der Waals surface area contributed by atoms with Gasteiger partial charge in [0.1, 0.15) is 5.75 Å². The zero-order chi connectivity index (χ0) is 12.4. The molecule has 2 rings (SSSR count). The molecular formula is C12H10BrClN2O. The lowest BCUT2D eigenvalue weighted by Gasteiger charge is -2.08. The summed E-state index contributed by atoms with van der Waals surface area (Å²) in [4.78, 5) is 4.21. The Labute approximate surface area is 113 Å². The van der Waals surface area contributed by atoms with Crippen LogP contribution in [0.15, 0.2) is 34.8 Å². The van der Waals surface area contributed by atoms with Gasteiger partial charge in [0, 0.05) is 10.5 Å². The molecule has 1 heterocycles. The SMILES string of the molecule is Cc1nc(Oc2ccc(Br)cc2Cl)ccc1N. The van der Waals surface area contributed by atoms with Gasteiger partial charge in [-0.1, -0.05) is 27.5 Å². The molecule has 0 bridgehead atoms. The summed E-state index contributed by atoms with van der Waals surface area (Å²) in [6, 6.07) is 8.86. The number of aromatic nitrogens is 1. The molecule has 0 spiro atoms. The van der Waals surface area contributed by atoms with Crippen molar-refractivity contribution in [2.24, 2.45) is 0 Å². The predicted molar refractivity (Wildman–Crippen MR) is 72.6 cm³/mol. The van der Waals surface area contributed by atoms with Gasteiger partial charge in [-0.2, -0.15) is 0 Å². The van der Waals surface area contributed by atoms with Crippen molar-refractivity contribution in [1.82, 2.24) is 4.98 Å². The molecule has 0 radical (unpaired) electrons. The number of halogens is 2. The maximum absolute atomic E-state index is 6.04. The van der Waals surface area contributed by atoms with Crippen LogP contribution in [-0.4, -0.2) is 4.98 Å². The Morgan fingerprint density at radius 3 is 2.71 bits per heavy atom. The second-order valence-electron chi connectivity index (χ2n) is 3.50. The van der Waals surface area contributed by atoms with Crippen molar-refractivity contribution in [2.45, 2.75) is 6.92 Å². The third-order valence-electron chi connectivity index (χ3n) is 2.21. The Hall–Kier alpha value is -1.26. The third kappa shape index (κ3) is 2.90. The number of hydrogen-bond donors (Lipinski definition) is 1. The Balaban J connectivity index is 2.28. The summed E-state index contributed by atoms with van der Waals surface area (Å²) < 4.78 is 6.48. The molecule has 1 aromatic heterocycles. The first-order valence-electron chi connectivity index (χ1n) is 4.92. The molecule has 0 aliphatic rings. The summed E-state index contributed by atoms with van der Waals surface area (Å²) in [5.41, 5.74) is 7.05. The quantitative estimate of drug-likeness (QED) is 0.904. The Morgan fingerprint density at radius 1 is 1.29 bits per heavy atom. The van der Waals surface area contributed by atoms with E-state index in [0.717, 1.165) is 10.2 Å². The number of benzene rings is 1. The molecule has 0 saturated heterocycles. The summed E-state index contributed by atoms with van der Waals surface area (Å²) in [6.45, 7) is 1.82. The monoisotopic (exact) mass is 312 g/mol. The minimum atomic E-state index is 0.473. The zero-order valence-electron chi connectivity index (χ0n) is 9.08. The highest BCUT2D eigenvalue weighted by Crippen LogP contribution is 2.31. The van der Waals surface area contributed by atoms with Crippen molar-refractivity contribution in [3.63, 3.8) is 0 Å². The average Bonchev–Trinajstić information content (AvgIpc) is 2.27. The van der Waals surface area contributed by atoms with E-state index >= 15 is 0 Å². The van der Waals surface area contributed by atoms with E-state index in [1.807, 2.05) is 13.0 Å². The van der Waals surface area contributed by atoms with Gasteiger partial charge < -0.3 is 10.5 Å². The standard InChI is InChI=1S/C12H10BrClN2O/c1-7-10(15)3-5-12(16-7)17-11-4-2-8(13)6-9(11)14/h2-6H,15H2,1H3. The van der Waals surface area contributed by atoms with E-state index < -0.39 is 0 Å². The maximum atomic E-state index is 6.04. The van der Waals surface area contributed by atoms with Crippen LogP contribution in [0, 0.1) is 6.92 Å². The topological polar surface area (TPSA) is 48.1 Å². The van der Waals surface area contributed by atoms with Crippen molar-refractivity contribution in [1.29, 1.82) is 0 Å². The second kappa shape index (κ2) is 4.94. The molecule has 1 aromatic carbocycles. The Morgan fingerprint density at radius 2 is 2.06 bits per heavy atom. The Bertz CT molecular complexity index is 560. The predicted octanol–water partition coefficient (Wildman–Crippen LogP) is 4.18. The van der Waals surface area contributed by atoms with Crippen LogP contribution in [0.4, 0.5) is 5.69 Å². The van der Waals surface area contributed by atoms with E-state index in [1.165, 1.54) is 0 Å². The van der Waals surface area contributed by atoms with Crippen LogP contribution in [0.2, 0.25) is 5.02 Å². The molecule has 0 atom stereocenters. The minimum absolute atomic E-state index is 0.473. The van der Waals surface area contributed by atoms with E-state index in [0.29, 0.717) is 22.3 Å². The number of nitrogens with zero attached hydrogens (tertiary/aromatic N) is 1. The lowest BCUT2D eigenvalue weighted by molar-refractivity contribution is 0.462. The molecule has 0 aliphatic heterocycles. The summed E-state index contributed by atoms with van der Waals surface area (Å²) in [5.74, 6) is 1.03. The lowest BCUT2D eigenvalue weighted by Crippen LogP contribution is -1.95. The van der Waals surface area contributed by atoms with Crippen LogP contribution in [-0.2, 0) is 0 Å². The summed E-state index contributed by atoms with van der Waals surface area (Å²) in [6.07, 6.45) is 0. The zero-order valence-corrected chi connectivity index (χ0v) is 11.4. The van der Waals surface area contributed by atoms with Gasteiger partial charge in [-0.25, -0.2) is 4.98 Å². The highest BCUT2D eigenvalue weighted by molar-refractivity contribution is 9.10. The van der Waals surface area contributed by atoms with E-state index in [4.69, 9.17) is 22.1 Å². The summed E-state index contributed by atoms with van der Waals surface area (Å²) in [5, 5.41) is 0.524. The fourth-order valence-corrected chi connectivity index (χ4v) is 1.99. The summed E-state index contributed by atoms with van der Waals surface area (Å²) >= 11 is 9.37. The molecule has 0 amide bonds. The molecule has 0 saturated carbocycles. The van der Waals surface area contributed by atoms with Gasteiger partial charge in [-0.05, 0) is 31.2 Å². The average molecular weight is 314 g/mol. The fourth-order valence-electron chi connectivity index (χ4n) is 1.28. The largest absolute Gasteiger partial charge is 0.437 e. The van der Waals surface area contributed by atoms with Gasteiger partial charge in [0.05, 0.1) is 16.4 Å². The van der Waals surface area contributed by atoms with Crippen molar-refractivity contribution < 1.29 is 4.74 Å². The number of pyridine rings is 1. The van der Waals surface area contributed by atoms with Crippen molar-refractivity contribution in [3.05, 3.63) is 45.5 Å². The van der Waals surface area contributed by atoms with E-state index in [1.54, 1.807) is 24.3 Å². The number of ether oxygens (including phenoxy) is 1. The number of hydrogen-bond acceptors (Lipinski definition) is 3. The number of rotatable bonds is 2. The number of nitrogen functional groups attached to an aromatic ring is 1. The normalized spacial score (nSPS) is 10.3. The van der Waals surface area contributed by atoms with Crippen LogP contribution in [0.25, 0.3) is 0 Å². The molecule has 2 N–H and O–H groups in total. The molecule has 88 valence electrons. The molecule has 0 aliphatic carbocycles. The van der Waals surface area contributed by atoms with Crippen LogP contribution in [0.3, 0.4) is 0 Å². The summed E-state index contributed by atoms with van der Waals surface area (Å²) in [7, 11) is 0. The van der Waals surface area contributed by atoms with Gasteiger partial charge in [0.2, 0.25) is 5.88 Å². The number of nitrogens with two attached hydrogens (primary N) is 1. The van der Waals surface area contributed by atoms with Crippen molar-refractivity contribution >= 4 is 33.2 Å². The van der Waals surface area contributed by atoms with Gasteiger partial charge in [0.15, 0.2) is 0 Å². The van der Waals surface area contributed by atoms with Gasteiger partial charge in [-0.15, -0.1) is 0 Å². The van der Waals surface area contributed by atoms with Gasteiger partial charge in [0.25, 0.3) is 0 Å².